The van der Waals surface area contributed by atoms with Crippen molar-refractivity contribution in [3.8, 4) is 0 Å². The molecule has 2 N–H and O–H groups in total. The molecule has 25 heavy (non-hydrogen) atoms. The predicted molar refractivity (Wildman–Crippen MR) is 101 cm³/mol. The van der Waals surface area contributed by atoms with Gasteiger partial charge in [-0.1, -0.05) is 38.3 Å². The molecule has 7 nitrogen and oxygen atoms in total. The van der Waals surface area contributed by atoms with Gasteiger partial charge in [-0.2, -0.15) is 0 Å². The van der Waals surface area contributed by atoms with Crippen LogP contribution >= 0.6 is 15.9 Å². The lowest BCUT2D eigenvalue weighted by Crippen LogP contribution is -2.30. The highest BCUT2D eigenvalue weighted by molar-refractivity contribution is 9.10. The Morgan fingerprint density at radius 2 is 2.28 bits per heavy atom. The molecule has 8 heteroatoms. The highest BCUT2D eigenvalue weighted by atomic mass is 79.9. The van der Waals surface area contributed by atoms with Crippen molar-refractivity contribution in [2.45, 2.75) is 26.0 Å². The van der Waals surface area contributed by atoms with E-state index < -0.39 is 0 Å². The SMILES string of the molecule is C=C/C=C(\C=C)c1nc(N)n2c(=O)n(CC3OCCC3C)nc2c1Br. The minimum absolute atomic E-state index is 0.0283. The Balaban J connectivity index is 2.14. The summed E-state index contributed by atoms with van der Waals surface area (Å²) in [5.74, 6) is 0.454. The smallest absolute Gasteiger partial charge is 0.353 e. The third-order valence-corrected chi connectivity index (χ3v) is 5.11. The molecule has 2 atom stereocenters. The van der Waals surface area contributed by atoms with E-state index in [0.717, 1.165) is 12.0 Å². The topological polar surface area (TPSA) is 87.4 Å². The monoisotopic (exact) mass is 405 g/mol. The van der Waals surface area contributed by atoms with Crippen LogP contribution in [0.5, 0.6) is 0 Å². The number of allylic oxidation sites excluding steroid dienone is 4. The molecule has 0 saturated carbocycles. The van der Waals surface area contributed by atoms with Crippen LogP contribution in [0.2, 0.25) is 0 Å². The molecule has 0 spiro atoms. The molecule has 2 unspecified atom stereocenters. The third-order valence-electron chi connectivity index (χ3n) is 4.38. The molecular weight excluding hydrogens is 386 g/mol. The molecular formula is C17H20BrN5O2. The van der Waals surface area contributed by atoms with Crippen LogP contribution in [-0.2, 0) is 11.3 Å². The maximum Gasteiger partial charge on any atom is 0.353 e. The predicted octanol–water partition coefficient (Wildman–Crippen LogP) is 2.42. The van der Waals surface area contributed by atoms with Crippen LogP contribution in [0.25, 0.3) is 11.2 Å². The van der Waals surface area contributed by atoms with Gasteiger partial charge in [-0.15, -0.1) is 5.10 Å². The number of nitrogen functional groups attached to an aromatic ring is 1. The van der Waals surface area contributed by atoms with Crippen LogP contribution in [0.15, 0.2) is 40.7 Å². The number of rotatable bonds is 5. The molecule has 0 radical (unpaired) electrons. The van der Waals surface area contributed by atoms with Crippen molar-refractivity contribution in [3.63, 3.8) is 0 Å². The molecule has 0 bridgehead atoms. The van der Waals surface area contributed by atoms with Gasteiger partial charge in [0.25, 0.3) is 0 Å². The minimum Gasteiger partial charge on any atom is -0.376 e. The average molecular weight is 406 g/mol. The lowest BCUT2D eigenvalue weighted by Gasteiger charge is -2.12. The number of ether oxygens (including phenoxy) is 1. The van der Waals surface area contributed by atoms with E-state index in [1.54, 1.807) is 18.2 Å². The summed E-state index contributed by atoms with van der Waals surface area (Å²) in [6.07, 6.45) is 6.00. The number of halogens is 1. The van der Waals surface area contributed by atoms with Crippen LogP contribution in [-0.4, -0.2) is 31.9 Å². The van der Waals surface area contributed by atoms with Gasteiger partial charge in [-0.25, -0.2) is 18.9 Å². The van der Waals surface area contributed by atoms with E-state index in [0.29, 0.717) is 34.9 Å². The minimum atomic E-state index is -0.331. The lowest BCUT2D eigenvalue weighted by atomic mass is 10.0. The van der Waals surface area contributed by atoms with Crippen molar-refractivity contribution >= 4 is 33.1 Å². The summed E-state index contributed by atoms with van der Waals surface area (Å²) in [4.78, 5) is 17.0. The number of nitrogens with zero attached hydrogens (tertiary/aromatic N) is 4. The molecule has 132 valence electrons. The summed E-state index contributed by atoms with van der Waals surface area (Å²) in [6, 6.07) is 0. The molecule has 0 aliphatic carbocycles. The number of hydrogen-bond donors (Lipinski definition) is 1. The quantitative estimate of drug-likeness (QED) is 0.771. The van der Waals surface area contributed by atoms with Crippen LogP contribution in [0, 0.1) is 5.92 Å². The van der Waals surface area contributed by atoms with Gasteiger partial charge in [-0.05, 0) is 28.3 Å². The maximum absolute atomic E-state index is 12.7. The van der Waals surface area contributed by atoms with E-state index in [1.165, 1.54) is 9.08 Å². The number of fused-ring (bicyclic) bond motifs is 1. The summed E-state index contributed by atoms with van der Waals surface area (Å²) in [7, 11) is 0. The van der Waals surface area contributed by atoms with Gasteiger partial charge in [0.15, 0.2) is 5.65 Å². The standard InChI is InChI=1S/C17H20BrN5O2/c1-4-6-11(5-2)14-13(18)15-21-22(9-12-10(3)7-8-25-12)17(24)23(15)16(19)20-14/h4-6,10,12H,1-2,7-9H2,3H3,(H2,19,20)/b11-6+. The first-order valence-electron chi connectivity index (χ1n) is 7.99. The molecule has 1 aliphatic rings. The van der Waals surface area contributed by atoms with E-state index >= 15 is 0 Å². The second-order valence-electron chi connectivity index (χ2n) is 5.99. The van der Waals surface area contributed by atoms with Gasteiger partial charge in [0, 0.05) is 12.2 Å². The molecule has 0 aromatic carbocycles. The second kappa shape index (κ2) is 6.97. The van der Waals surface area contributed by atoms with Crippen molar-refractivity contribution < 1.29 is 4.74 Å². The number of hydrogen-bond acceptors (Lipinski definition) is 5. The Bertz CT molecular complexity index is 927. The molecule has 3 heterocycles. The van der Waals surface area contributed by atoms with Gasteiger partial charge in [0.05, 0.1) is 22.8 Å². The fourth-order valence-electron chi connectivity index (χ4n) is 2.92. The summed E-state index contributed by atoms with van der Waals surface area (Å²) in [6.45, 7) is 10.7. The Morgan fingerprint density at radius 1 is 1.52 bits per heavy atom. The van der Waals surface area contributed by atoms with E-state index in [2.05, 4.69) is 46.1 Å². The average Bonchev–Trinajstić information content (AvgIpc) is 3.14. The van der Waals surface area contributed by atoms with Crippen LogP contribution in [0.1, 0.15) is 19.0 Å². The largest absolute Gasteiger partial charge is 0.376 e. The van der Waals surface area contributed by atoms with Crippen molar-refractivity contribution in [2.75, 3.05) is 12.3 Å². The molecule has 2 aromatic heterocycles. The van der Waals surface area contributed by atoms with E-state index in [1.807, 2.05) is 0 Å². The fourth-order valence-corrected chi connectivity index (χ4v) is 3.49. The summed E-state index contributed by atoms with van der Waals surface area (Å²) >= 11 is 3.49. The molecule has 3 rings (SSSR count). The number of nitrogens with two attached hydrogens (primary N) is 1. The second-order valence-corrected chi connectivity index (χ2v) is 6.79. The van der Waals surface area contributed by atoms with Crippen LogP contribution in [0.4, 0.5) is 5.95 Å². The summed E-state index contributed by atoms with van der Waals surface area (Å²) < 4.78 is 8.95. The van der Waals surface area contributed by atoms with Gasteiger partial charge in [0.1, 0.15) is 0 Å². The molecule has 0 amide bonds. The van der Waals surface area contributed by atoms with Gasteiger partial charge < -0.3 is 10.5 Å². The van der Waals surface area contributed by atoms with Crippen molar-refractivity contribution in [1.29, 1.82) is 0 Å². The highest BCUT2D eigenvalue weighted by Crippen LogP contribution is 2.28. The number of anilines is 1. The third kappa shape index (κ3) is 3.07. The zero-order valence-corrected chi connectivity index (χ0v) is 15.6. The Kier molecular flexibility index (Phi) is 4.91. The normalized spacial score (nSPS) is 21.0. The first kappa shape index (κ1) is 17.6. The highest BCUT2D eigenvalue weighted by Gasteiger charge is 2.27. The summed E-state index contributed by atoms with van der Waals surface area (Å²) in [5.41, 5.74) is 7.39. The van der Waals surface area contributed by atoms with E-state index in [-0.39, 0.29) is 17.7 Å². The Labute approximate surface area is 153 Å². The maximum atomic E-state index is 12.7. The van der Waals surface area contributed by atoms with Crippen molar-refractivity contribution in [2.24, 2.45) is 5.92 Å². The van der Waals surface area contributed by atoms with Crippen LogP contribution < -0.4 is 11.4 Å². The zero-order valence-electron chi connectivity index (χ0n) is 14.0. The Hall–Kier alpha value is -2.19. The first-order valence-corrected chi connectivity index (χ1v) is 8.78. The first-order chi connectivity index (χ1) is 12.0. The van der Waals surface area contributed by atoms with Crippen molar-refractivity contribution in [1.82, 2.24) is 19.2 Å². The van der Waals surface area contributed by atoms with E-state index in [4.69, 9.17) is 10.5 Å². The molecule has 1 fully saturated rings. The van der Waals surface area contributed by atoms with Gasteiger partial charge >= 0.3 is 5.69 Å². The zero-order chi connectivity index (χ0) is 18.1. The lowest BCUT2D eigenvalue weighted by molar-refractivity contribution is 0.0759. The van der Waals surface area contributed by atoms with Crippen LogP contribution in [0.3, 0.4) is 0 Å². The van der Waals surface area contributed by atoms with Gasteiger partial charge in [-0.3, -0.25) is 0 Å². The summed E-state index contributed by atoms with van der Waals surface area (Å²) in [5, 5.41) is 4.44. The Morgan fingerprint density at radius 3 is 2.88 bits per heavy atom. The van der Waals surface area contributed by atoms with Crippen molar-refractivity contribution in [3.05, 3.63) is 52.0 Å². The number of aromatic nitrogens is 4. The molecule has 2 aromatic rings. The van der Waals surface area contributed by atoms with E-state index in [9.17, 15) is 4.79 Å². The molecule has 1 aliphatic heterocycles. The molecule has 1 saturated heterocycles. The van der Waals surface area contributed by atoms with Gasteiger partial charge in [0.2, 0.25) is 5.95 Å². The fraction of sp³-hybridized carbons (Fsp3) is 0.353.